The first-order valence-corrected chi connectivity index (χ1v) is 10.4. The lowest BCUT2D eigenvalue weighted by atomic mass is 10.0. The van der Waals surface area contributed by atoms with Crippen molar-refractivity contribution in [1.29, 1.82) is 0 Å². The van der Waals surface area contributed by atoms with E-state index in [1.54, 1.807) is 19.1 Å². The molecule has 0 aliphatic heterocycles. The number of rotatable bonds is 9. The zero-order valence-electron chi connectivity index (χ0n) is 15.4. The second kappa shape index (κ2) is 8.66. The van der Waals surface area contributed by atoms with Crippen LogP contribution >= 0.6 is 0 Å². The van der Waals surface area contributed by atoms with Gasteiger partial charge in [0.05, 0.1) is 16.2 Å². The van der Waals surface area contributed by atoms with E-state index in [0.29, 0.717) is 5.69 Å². The van der Waals surface area contributed by atoms with Crippen LogP contribution in [0, 0.1) is 0 Å². The molecule has 0 saturated carbocycles. The summed E-state index contributed by atoms with van der Waals surface area (Å²) in [6, 6.07) is 16.3. The maximum Gasteiger partial charge on any atom is 0.181 e. The zero-order valence-corrected chi connectivity index (χ0v) is 16.2. The van der Waals surface area contributed by atoms with Gasteiger partial charge in [0.25, 0.3) is 0 Å². The van der Waals surface area contributed by atoms with E-state index >= 15 is 0 Å². The van der Waals surface area contributed by atoms with Crippen LogP contribution in [0.3, 0.4) is 0 Å². The molecule has 4 N–H and O–H groups in total. The van der Waals surface area contributed by atoms with Crippen molar-refractivity contribution in [3.8, 4) is 0 Å². The summed E-state index contributed by atoms with van der Waals surface area (Å²) in [6.07, 6.45) is 1.72. The summed E-state index contributed by atoms with van der Waals surface area (Å²) in [7, 11) is -3.59. The molecule has 0 aromatic heterocycles. The van der Waals surface area contributed by atoms with Gasteiger partial charge in [-0.2, -0.15) is 0 Å². The molecule has 0 aliphatic carbocycles. The van der Waals surface area contributed by atoms with Crippen molar-refractivity contribution in [2.75, 3.05) is 18.0 Å². The van der Waals surface area contributed by atoms with Crippen molar-refractivity contribution in [2.45, 2.75) is 43.2 Å². The maximum absolute atomic E-state index is 12.5. The van der Waals surface area contributed by atoms with Crippen LogP contribution < -0.4 is 11.1 Å². The highest BCUT2D eigenvalue weighted by Gasteiger charge is 2.30. The number of sulfone groups is 1. The van der Waals surface area contributed by atoms with Crippen LogP contribution in [0.5, 0.6) is 0 Å². The van der Waals surface area contributed by atoms with Gasteiger partial charge in [0.1, 0.15) is 0 Å². The molecule has 0 bridgehead atoms. The third-order valence-electron chi connectivity index (χ3n) is 4.33. The molecule has 6 heteroatoms. The Morgan fingerprint density at radius 2 is 1.73 bits per heavy atom. The van der Waals surface area contributed by atoms with Gasteiger partial charge in [0.2, 0.25) is 0 Å². The van der Waals surface area contributed by atoms with Crippen LogP contribution in [0.25, 0.3) is 0 Å². The zero-order chi connectivity index (χ0) is 19.2. The molecule has 2 aromatic carbocycles. The van der Waals surface area contributed by atoms with Gasteiger partial charge in [-0.15, -0.1) is 0 Å². The Bertz CT molecular complexity index is 788. The molecule has 0 heterocycles. The van der Waals surface area contributed by atoms with Gasteiger partial charge >= 0.3 is 0 Å². The van der Waals surface area contributed by atoms with Crippen molar-refractivity contribution in [1.82, 2.24) is 5.32 Å². The second-order valence-corrected chi connectivity index (χ2v) is 8.99. The molecule has 2 aromatic rings. The number of hydrogen-bond donors (Lipinski definition) is 3. The van der Waals surface area contributed by atoms with Gasteiger partial charge in [0.15, 0.2) is 9.84 Å². The van der Waals surface area contributed by atoms with Crippen molar-refractivity contribution >= 4 is 15.5 Å². The van der Waals surface area contributed by atoms with Crippen LogP contribution in [0.15, 0.2) is 59.5 Å². The molecule has 5 nitrogen and oxygen atoms in total. The highest BCUT2D eigenvalue weighted by Crippen LogP contribution is 2.18. The van der Waals surface area contributed by atoms with E-state index in [1.807, 2.05) is 18.2 Å². The summed E-state index contributed by atoms with van der Waals surface area (Å²) in [5.41, 5.74) is 5.94. The van der Waals surface area contributed by atoms with Gasteiger partial charge in [0, 0.05) is 18.3 Å². The minimum Gasteiger partial charge on any atom is -0.399 e. The highest BCUT2D eigenvalue weighted by atomic mass is 32.2. The molecule has 0 saturated heterocycles. The van der Waals surface area contributed by atoms with Gasteiger partial charge in [-0.3, -0.25) is 0 Å². The summed E-state index contributed by atoms with van der Waals surface area (Å²) in [5, 5.41) is 13.9. The number of aliphatic hydroxyl groups is 1. The maximum atomic E-state index is 12.5. The number of anilines is 1. The first kappa shape index (κ1) is 20.4. The van der Waals surface area contributed by atoms with E-state index in [0.717, 1.165) is 12.8 Å². The van der Waals surface area contributed by atoms with Crippen molar-refractivity contribution < 1.29 is 13.5 Å². The molecule has 0 spiro atoms. The third-order valence-corrected chi connectivity index (χ3v) is 6.32. The van der Waals surface area contributed by atoms with E-state index in [4.69, 9.17) is 5.73 Å². The summed E-state index contributed by atoms with van der Waals surface area (Å²) in [4.78, 5) is 0.170. The van der Waals surface area contributed by atoms with E-state index in [9.17, 15) is 13.5 Å². The largest absolute Gasteiger partial charge is 0.399 e. The molecular weight excluding hydrogens is 348 g/mol. The average molecular weight is 377 g/mol. The Balaban J connectivity index is 1.97. The predicted molar refractivity (Wildman–Crippen MR) is 106 cm³/mol. The van der Waals surface area contributed by atoms with Gasteiger partial charge in [-0.1, -0.05) is 37.3 Å². The molecule has 2 atom stereocenters. The van der Waals surface area contributed by atoms with Crippen LogP contribution in [0.1, 0.15) is 25.8 Å². The lowest BCUT2D eigenvalue weighted by Gasteiger charge is -2.27. The first-order valence-electron chi connectivity index (χ1n) is 8.80. The number of hydrogen-bond acceptors (Lipinski definition) is 5. The minimum absolute atomic E-state index is 0.170. The molecule has 26 heavy (non-hydrogen) atoms. The van der Waals surface area contributed by atoms with Crippen LogP contribution in [0.2, 0.25) is 0 Å². The Morgan fingerprint density at radius 1 is 1.12 bits per heavy atom. The number of benzene rings is 2. The topological polar surface area (TPSA) is 92.4 Å². The Kier molecular flexibility index (Phi) is 6.81. The summed E-state index contributed by atoms with van der Waals surface area (Å²) < 4.78 is 25.1. The van der Waals surface area contributed by atoms with Gasteiger partial charge < -0.3 is 16.2 Å². The molecule has 0 aliphatic rings. The standard InChI is InChI=1S/C20H28N2O3S/c1-3-18(13-16-7-5-4-6-8-16)22-14-20(2,23)15-26(24,25)19-11-9-17(21)10-12-19/h4-12,18,22-23H,3,13-15,21H2,1-2H3/t18?,20-/m1/s1. The lowest BCUT2D eigenvalue weighted by molar-refractivity contribution is 0.0793. The molecular formula is C20H28N2O3S. The highest BCUT2D eigenvalue weighted by molar-refractivity contribution is 7.91. The molecule has 0 radical (unpaired) electrons. The van der Waals surface area contributed by atoms with Crippen molar-refractivity contribution in [3.63, 3.8) is 0 Å². The van der Waals surface area contributed by atoms with Crippen LogP contribution in [0.4, 0.5) is 5.69 Å². The fourth-order valence-corrected chi connectivity index (χ4v) is 4.48. The summed E-state index contributed by atoms with van der Waals surface area (Å²) >= 11 is 0. The molecule has 142 valence electrons. The number of nitrogens with two attached hydrogens (primary N) is 1. The van der Waals surface area contributed by atoms with Crippen LogP contribution in [-0.4, -0.2) is 37.5 Å². The second-order valence-electron chi connectivity index (χ2n) is 7.00. The Morgan fingerprint density at radius 3 is 2.31 bits per heavy atom. The minimum atomic E-state index is -3.59. The lowest BCUT2D eigenvalue weighted by Crippen LogP contribution is -2.47. The van der Waals surface area contributed by atoms with E-state index < -0.39 is 15.4 Å². The fourth-order valence-electron chi connectivity index (χ4n) is 2.84. The van der Waals surface area contributed by atoms with Gasteiger partial charge in [-0.25, -0.2) is 8.42 Å². The van der Waals surface area contributed by atoms with E-state index in [2.05, 4.69) is 24.4 Å². The Hall–Kier alpha value is -1.89. The number of nitrogen functional groups attached to an aromatic ring is 1. The third kappa shape index (κ3) is 6.12. The van der Waals surface area contributed by atoms with Crippen LogP contribution in [-0.2, 0) is 16.3 Å². The van der Waals surface area contributed by atoms with Gasteiger partial charge in [-0.05, 0) is 49.6 Å². The summed E-state index contributed by atoms with van der Waals surface area (Å²) in [5.74, 6) is -0.349. The van der Waals surface area contributed by atoms with E-state index in [-0.39, 0.29) is 23.2 Å². The fraction of sp³-hybridized carbons (Fsp3) is 0.400. The SMILES string of the molecule is CCC(Cc1ccccc1)NC[C@@](C)(O)CS(=O)(=O)c1ccc(N)cc1. The Labute approximate surface area is 156 Å². The average Bonchev–Trinajstić information content (AvgIpc) is 2.59. The van der Waals surface area contributed by atoms with E-state index in [1.165, 1.54) is 17.7 Å². The predicted octanol–water partition coefficient (Wildman–Crippen LogP) is 2.40. The summed E-state index contributed by atoms with van der Waals surface area (Å²) in [6.45, 7) is 3.82. The number of nitrogens with one attached hydrogen (secondary N) is 1. The molecule has 1 unspecified atom stereocenters. The molecule has 2 rings (SSSR count). The smallest absolute Gasteiger partial charge is 0.181 e. The van der Waals surface area contributed by atoms with Crippen molar-refractivity contribution in [2.24, 2.45) is 0 Å². The molecule has 0 amide bonds. The quantitative estimate of drug-likeness (QED) is 0.585. The monoisotopic (exact) mass is 376 g/mol. The van der Waals surface area contributed by atoms with Crippen molar-refractivity contribution in [3.05, 3.63) is 60.2 Å². The normalized spacial score (nSPS) is 15.3. The first-order chi connectivity index (χ1) is 12.2. The molecule has 0 fully saturated rings.